The molecule has 0 bridgehead atoms. The van der Waals surface area contributed by atoms with Gasteiger partial charge >= 0.3 is 0 Å². The number of aryl methyl sites for hydroxylation is 1. The van der Waals surface area contributed by atoms with Gasteiger partial charge in [-0.25, -0.2) is 0 Å². The molecule has 5 heteroatoms. The van der Waals surface area contributed by atoms with Crippen molar-refractivity contribution in [3.8, 4) is 0 Å². The summed E-state index contributed by atoms with van der Waals surface area (Å²) in [6.07, 6.45) is 1.18. The summed E-state index contributed by atoms with van der Waals surface area (Å²) in [7, 11) is 0. The zero-order valence-corrected chi connectivity index (χ0v) is 10.4. The smallest absolute Gasteiger partial charge is 0.240 e. The maximum absolute atomic E-state index is 11.8. The summed E-state index contributed by atoms with van der Waals surface area (Å²) in [5.74, 6) is -0.242. The topological polar surface area (TPSA) is 75.4 Å². The summed E-state index contributed by atoms with van der Waals surface area (Å²) in [6.45, 7) is 2.37. The molecule has 1 aromatic carbocycles. The van der Waals surface area contributed by atoms with Crippen molar-refractivity contribution in [2.45, 2.75) is 19.8 Å². The average Bonchev–Trinajstić information content (AvgIpc) is 2.55. The fraction of sp³-hybridized carbons (Fsp3) is 0.385. The second kappa shape index (κ2) is 5.18. The molecule has 0 saturated carbocycles. The van der Waals surface area contributed by atoms with Crippen LogP contribution in [0.5, 0.6) is 0 Å². The standard InChI is InChI=1S/C13H17N3O2/c1-2-9-3-4-11-10(7-9)15-12(17)5-6-16(11)13(18)8-14/h3-4,7H,2,5-6,8,14H2,1H3,(H,15,17). The van der Waals surface area contributed by atoms with Gasteiger partial charge in [-0.3, -0.25) is 9.59 Å². The van der Waals surface area contributed by atoms with Crippen molar-refractivity contribution < 1.29 is 9.59 Å². The summed E-state index contributed by atoms with van der Waals surface area (Å²) in [6, 6.07) is 5.75. The number of nitrogens with two attached hydrogens (primary N) is 1. The molecule has 1 aliphatic heterocycles. The van der Waals surface area contributed by atoms with Gasteiger partial charge in [0.15, 0.2) is 0 Å². The summed E-state index contributed by atoms with van der Waals surface area (Å²) in [5.41, 5.74) is 7.95. The maximum Gasteiger partial charge on any atom is 0.240 e. The minimum atomic E-state index is -0.169. The Labute approximate surface area is 106 Å². The molecule has 2 amide bonds. The molecule has 0 radical (unpaired) electrons. The van der Waals surface area contributed by atoms with E-state index in [4.69, 9.17) is 5.73 Å². The van der Waals surface area contributed by atoms with Gasteiger partial charge in [0.2, 0.25) is 11.8 Å². The lowest BCUT2D eigenvalue weighted by Crippen LogP contribution is -2.36. The van der Waals surface area contributed by atoms with E-state index in [2.05, 4.69) is 5.32 Å². The molecule has 0 spiro atoms. The molecule has 1 heterocycles. The van der Waals surface area contributed by atoms with E-state index in [0.29, 0.717) is 18.7 Å². The molecule has 1 aromatic rings. The molecule has 3 N–H and O–H groups in total. The first-order valence-electron chi connectivity index (χ1n) is 6.09. The third-order valence-corrected chi connectivity index (χ3v) is 3.07. The van der Waals surface area contributed by atoms with Gasteiger partial charge < -0.3 is 16.0 Å². The van der Waals surface area contributed by atoms with Crippen LogP contribution in [0.25, 0.3) is 0 Å². The Morgan fingerprint density at radius 1 is 1.50 bits per heavy atom. The predicted molar refractivity (Wildman–Crippen MR) is 70.5 cm³/mol. The van der Waals surface area contributed by atoms with Gasteiger partial charge in [0.25, 0.3) is 0 Å². The van der Waals surface area contributed by atoms with E-state index >= 15 is 0 Å². The zero-order valence-electron chi connectivity index (χ0n) is 10.4. The number of anilines is 2. The van der Waals surface area contributed by atoms with Crippen molar-refractivity contribution >= 4 is 23.2 Å². The van der Waals surface area contributed by atoms with E-state index in [9.17, 15) is 9.59 Å². The van der Waals surface area contributed by atoms with Crippen molar-refractivity contribution in [2.75, 3.05) is 23.3 Å². The van der Waals surface area contributed by atoms with Gasteiger partial charge in [0, 0.05) is 13.0 Å². The molecule has 5 nitrogen and oxygen atoms in total. The number of nitrogens with zero attached hydrogens (tertiary/aromatic N) is 1. The lowest BCUT2D eigenvalue weighted by Gasteiger charge is -2.21. The van der Waals surface area contributed by atoms with Crippen LogP contribution in [-0.2, 0) is 16.0 Å². The first kappa shape index (κ1) is 12.6. The molecule has 0 aliphatic carbocycles. The number of carbonyl (C=O) groups is 2. The van der Waals surface area contributed by atoms with Crippen molar-refractivity contribution in [1.82, 2.24) is 0 Å². The van der Waals surface area contributed by atoms with Crippen LogP contribution in [0.2, 0.25) is 0 Å². The van der Waals surface area contributed by atoms with Crippen LogP contribution in [-0.4, -0.2) is 24.9 Å². The lowest BCUT2D eigenvalue weighted by molar-refractivity contribution is -0.117. The fourth-order valence-electron chi connectivity index (χ4n) is 2.05. The molecular weight excluding hydrogens is 230 g/mol. The van der Waals surface area contributed by atoms with Crippen LogP contribution < -0.4 is 16.0 Å². The van der Waals surface area contributed by atoms with Crippen molar-refractivity contribution in [2.24, 2.45) is 5.73 Å². The molecule has 2 rings (SSSR count). The zero-order chi connectivity index (χ0) is 13.1. The van der Waals surface area contributed by atoms with Crippen LogP contribution in [0.4, 0.5) is 11.4 Å². The second-order valence-corrected chi connectivity index (χ2v) is 4.25. The Bertz CT molecular complexity index is 485. The number of amides is 2. The van der Waals surface area contributed by atoms with Gasteiger partial charge in [0.05, 0.1) is 17.9 Å². The van der Waals surface area contributed by atoms with Gasteiger partial charge in [-0.15, -0.1) is 0 Å². The Morgan fingerprint density at radius 2 is 2.28 bits per heavy atom. The molecule has 18 heavy (non-hydrogen) atoms. The minimum Gasteiger partial charge on any atom is -0.324 e. The summed E-state index contributed by atoms with van der Waals surface area (Å²) >= 11 is 0. The fourth-order valence-corrected chi connectivity index (χ4v) is 2.05. The molecular formula is C13H17N3O2. The number of carbonyl (C=O) groups excluding carboxylic acids is 2. The van der Waals surface area contributed by atoms with E-state index < -0.39 is 0 Å². The SMILES string of the molecule is CCc1ccc2c(c1)NC(=O)CCN2C(=O)CN. The molecule has 0 aromatic heterocycles. The minimum absolute atomic E-state index is 0.0524. The van der Waals surface area contributed by atoms with Gasteiger partial charge in [-0.1, -0.05) is 13.0 Å². The predicted octanol–water partition coefficient (Wildman–Crippen LogP) is 0.883. The van der Waals surface area contributed by atoms with Gasteiger partial charge in [-0.05, 0) is 24.1 Å². The van der Waals surface area contributed by atoms with E-state index in [-0.39, 0.29) is 18.4 Å². The molecule has 0 unspecified atom stereocenters. The largest absolute Gasteiger partial charge is 0.324 e. The van der Waals surface area contributed by atoms with Crippen LogP contribution in [0.15, 0.2) is 18.2 Å². The second-order valence-electron chi connectivity index (χ2n) is 4.25. The summed E-state index contributed by atoms with van der Waals surface area (Å²) in [5, 5.41) is 2.83. The van der Waals surface area contributed by atoms with Gasteiger partial charge in [-0.2, -0.15) is 0 Å². The molecule has 0 saturated heterocycles. The normalized spacial score (nSPS) is 14.8. The van der Waals surface area contributed by atoms with E-state index in [0.717, 1.165) is 17.7 Å². The van der Waals surface area contributed by atoms with E-state index in [1.807, 2.05) is 25.1 Å². The highest BCUT2D eigenvalue weighted by Gasteiger charge is 2.23. The Kier molecular flexibility index (Phi) is 3.62. The third kappa shape index (κ3) is 2.36. The number of fused-ring (bicyclic) bond motifs is 1. The monoisotopic (exact) mass is 247 g/mol. The van der Waals surface area contributed by atoms with E-state index in [1.165, 1.54) is 0 Å². The maximum atomic E-state index is 11.8. The highest BCUT2D eigenvalue weighted by molar-refractivity contribution is 6.04. The average molecular weight is 247 g/mol. The van der Waals surface area contributed by atoms with Crippen LogP contribution in [0.1, 0.15) is 18.9 Å². The van der Waals surface area contributed by atoms with Crippen LogP contribution in [0.3, 0.4) is 0 Å². The number of rotatable bonds is 2. The number of hydrogen-bond acceptors (Lipinski definition) is 3. The molecule has 0 atom stereocenters. The third-order valence-electron chi connectivity index (χ3n) is 3.07. The number of benzene rings is 1. The lowest BCUT2D eigenvalue weighted by atomic mass is 10.1. The number of hydrogen-bond donors (Lipinski definition) is 2. The quantitative estimate of drug-likeness (QED) is 0.814. The first-order chi connectivity index (χ1) is 8.65. The van der Waals surface area contributed by atoms with Crippen LogP contribution >= 0.6 is 0 Å². The highest BCUT2D eigenvalue weighted by atomic mass is 16.2. The van der Waals surface area contributed by atoms with Gasteiger partial charge in [0.1, 0.15) is 0 Å². The summed E-state index contributed by atoms with van der Waals surface area (Å²) < 4.78 is 0. The number of nitrogens with one attached hydrogen (secondary N) is 1. The molecule has 0 fully saturated rings. The summed E-state index contributed by atoms with van der Waals surface area (Å²) in [4.78, 5) is 25.0. The van der Waals surface area contributed by atoms with Crippen molar-refractivity contribution in [3.63, 3.8) is 0 Å². The van der Waals surface area contributed by atoms with Crippen LogP contribution in [0, 0.1) is 0 Å². The van der Waals surface area contributed by atoms with Crippen molar-refractivity contribution in [1.29, 1.82) is 0 Å². The van der Waals surface area contributed by atoms with Crippen molar-refractivity contribution in [3.05, 3.63) is 23.8 Å². The molecule has 96 valence electrons. The molecule has 1 aliphatic rings. The Morgan fingerprint density at radius 3 is 2.94 bits per heavy atom. The Hall–Kier alpha value is -1.88. The van der Waals surface area contributed by atoms with E-state index in [1.54, 1.807) is 4.90 Å². The first-order valence-corrected chi connectivity index (χ1v) is 6.09. The Balaban J connectivity index is 2.45. The highest BCUT2D eigenvalue weighted by Crippen LogP contribution is 2.30.